The summed E-state index contributed by atoms with van der Waals surface area (Å²) in [6.45, 7) is 4.58. The Morgan fingerprint density at radius 2 is 2.04 bits per heavy atom. The van der Waals surface area contributed by atoms with Crippen molar-refractivity contribution in [3.05, 3.63) is 57.9 Å². The first-order chi connectivity index (χ1) is 13.4. The van der Waals surface area contributed by atoms with Crippen molar-refractivity contribution >= 4 is 23.0 Å². The summed E-state index contributed by atoms with van der Waals surface area (Å²) >= 11 is 0. The number of amides is 1. The van der Waals surface area contributed by atoms with E-state index in [1.807, 2.05) is 25.1 Å². The summed E-state index contributed by atoms with van der Waals surface area (Å²) in [4.78, 5) is 24.1. The molecule has 1 aliphatic rings. The predicted molar refractivity (Wildman–Crippen MR) is 101 cm³/mol. The van der Waals surface area contributed by atoms with E-state index in [2.05, 4.69) is 10.2 Å². The van der Waals surface area contributed by atoms with Gasteiger partial charge < -0.3 is 19.7 Å². The van der Waals surface area contributed by atoms with Crippen LogP contribution in [0.2, 0.25) is 0 Å². The number of aryl methyl sites for hydroxylation is 1. The van der Waals surface area contributed by atoms with Crippen LogP contribution in [0.15, 0.2) is 36.4 Å². The minimum atomic E-state index is -1.02. The van der Waals surface area contributed by atoms with Crippen LogP contribution in [0, 0.1) is 22.9 Å². The van der Waals surface area contributed by atoms with Gasteiger partial charge in [-0.2, -0.15) is 4.39 Å². The molecule has 28 heavy (non-hydrogen) atoms. The Labute approximate surface area is 161 Å². The number of ether oxygens (including phenoxy) is 2. The van der Waals surface area contributed by atoms with Crippen LogP contribution < -0.4 is 15.0 Å². The average Bonchev–Trinajstić information content (AvgIpc) is 2.68. The fourth-order valence-electron chi connectivity index (χ4n) is 2.87. The lowest BCUT2D eigenvalue weighted by molar-refractivity contribution is -0.387. The Kier molecular flexibility index (Phi) is 6.05. The van der Waals surface area contributed by atoms with E-state index >= 15 is 0 Å². The second-order valence-electron chi connectivity index (χ2n) is 6.31. The number of nitrogens with one attached hydrogen (secondary N) is 1. The molecule has 1 fully saturated rings. The number of hydrogen-bond acceptors (Lipinski definition) is 6. The maximum absolute atomic E-state index is 13.6. The van der Waals surface area contributed by atoms with Crippen LogP contribution in [0.25, 0.3) is 0 Å². The van der Waals surface area contributed by atoms with Gasteiger partial charge in [0.05, 0.1) is 18.1 Å². The number of benzene rings is 2. The van der Waals surface area contributed by atoms with Gasteiger partial charge in [0.15, 0.2) is 6.61 Å². The van der Waals surface area contributed by atoms with Crippen molar-refractivity contribution in [1.82, 2.24) is 0 Å². The van der Waals surface area contributed by atoms with Gasteiger partial charge in [-0.05, 0) is 36.8 Å². The van der Waals surface area contributed by atoms with Crippen molar-refractivity contribution in [3.8, 4) is 5.75 Å². The average molecular weight is 389 g/mol. The normalized spacial score (nSPS) is 13.9. The quantitative estimate of drug-likeness (QED) is 0.603. The molecule has 0 radical (unpaired) electrons. The molecule has 3 rings (SSSR count). The second kappa shape index (κ2) is 8.66. The number of nitrogens with zero attached hydrogens (tertiary/aromatic N) is 2. The highest BCUT2D eigenvalue weighted by Gasteiger charge is 2.16. The monoisotopic (exact) mass is 389 g/mol. The van der Waals surface area contributed by atoms with Gasteiger partial charge in [0.25, 0.3) is 5.91 Å². The topological polar surface area (TPSA) is 93.9 Å². The molecule has 1 aliphatic heterocycles. The molecule has 0 atom stereocenters. The van der Waals surface area contributed by atoms with Crippen LogP contribution in [0.4, 0.5) is 21.5 Å². The Hall–Kier alpha value is -3.20. The molecule has 0 bridgehead atoms. The van der Waals surface area contributed by atoms with Crippen LogP contribution >= 0.6 is 0 Å². The lowest BCUT2D eigenvalue weighted by atomic mass is 10.1. The van der Waals surface area contributed by atoms with Gasteiger partial charge in [-0.15, -0.1) is 0 Å². The zero-order valence-corrected chi connectivity index (χ0v) is 15.3. The van der Waals surface area contributed by atoms with Crippen molar-refractivity contribution in [3.63, 3.8) is 0 Å². The molecule has 148 valence electrons. The minimum Gasteiger partial charge on any atom is -0.484 e. The Bertz CT molecular complexity index is 884. The van der Waals surface area contributed by atoms with E-state index < -0.39 is 22.3 Å². The standard InChI is InChI=1S/C19H20FN3O5/c1-13-10-14(22-6-8-27-9-7-22)2-4-17(13)21-19(24)12-28-15-3-5-18(23(25)26)16(20)11-15/h2-5,10-11H,6-9,12H2,1H3,(H,21,24). The van der Waals surface area contributed by atoms with Gasteiger partial charge in [-0.25, -0.2) is 0 Å². The maximum Gasteiger partial charge on any atom is 0.305 e. The molecule has 0 aromatic heterocycles. The molecular formula is C19H20FN3O5. The number of anilines is 2. The third-order valence-corrected chi connectivity index (χ3v) is 4.35. The summed E-state index contributed by atoms with van der Waals surface area (Å²) in [6.07, 6.45) is 0. The molecule has 0 spiro atoms. The van der Waals surface area contributed by atoms with Gasteiger partial charge in [-0.1, -0.05) is 0 Å². The second-order valence-corrected chi connectivity index (χ2v) is 6.31. The molecule has 0 aliphatic carbocycles. The number of nitro benzene ring substituents is 1. The van der Waals surface area contributed by atoms with Crippen LogP contribution in [0.3, 0.4) is 0 Å². The van der Waals surface area contributed by atoms with Crippen molar-refractivity contribution in [1.29, 1.82) is 0 Å². The first kappa shape index (κ1) is 19.6. The molecule has 0 saturated carbocycles. The highest BCUT2D eigenvalue weighted by Crippen LogP contribution is 2.24. The fourth-order valence-corrected chi connectivity index (χ4v) is 2.87. The predicted octanol–water partition coefficient (Wildman–Crippen LogP) is 2.90. The molecule has 1 amide bonds. The SMILES string of the molecule is Cc1cc(N2CCOCC2)ccc1NC(=O)COc1ccc([N+](=O)[O-])c(F)c1. The van der Waals surface area contributed by atoms with E-state index in [1.54, 1.807) is 0 Å². The number of carbonyl (C=O) groups is 1. The summed E-state index contributed by atoms with van der Waals surface area (Å²) in [7, 11) is 0. The zero-order chi connectivity index (χ0) is 20.1. The number of nitro groups is 1. The summed E-state index contributed by atoms with van der Waals surface area (Å²) in [5.41, 5.74) is 1.98. The van der Waals surface area contributed by atoms with E-state index in [0.717, 1.165) is 36.5 Å². The lowest BCUT2D eigenvalue weighted by Crippen LogP contribution is -2.36. The summed E-state index contributed by atoms with van der Waals surface area (Å²) in [5.74, 6) is -1.39. The van der Waals surface area contributed by atoms with E-state index in [-0.39, 0.29) is 12.4 Å². The molecule has 0 unspecified atom stereocenters. The molecule has 1 saturated heterocycles. The molecular weight excluding hydrogens is 369 g/mol. The summed E-state index contributed by atoms with van der Waals surface area (Å²) in [5, 5.41) is 13.4. The van der Waals surface area contributed by atoms with Crippen molar-refractivity contribution in [2.75, 3.05) is 43.1 Å². The zero-order valence-electron chi connectivity index (χ0n) is 15.3. The van der Waals surface area contributed by atoms with E-state index in [4.69, 9.17) is 9.47 Å². The van der Waals surface area contributed by atoms with Crippen molar-refractivity contribution in [2.45, 2.75) is 6.92 Å². The van der Waals surface area contributed by atoms with Crippen LogP contribution in [0.1, 0.15) is 5.56 Å². The minimum absolute atomic E-state index is 0.0395. The highest BCUT2D eigenvalue weighted by atomic mass is 19.1. The van der Waals surface area contributed by atoms with Crippen LogP contribution in [-0.2, 0) is 9.53 Å². The fraction of sp³-hybridized carbons (Fsp3) is 0.316. The third-order valence-electron chi connectivity index (χ3n) is 4.35. The van der Waals surface area contributed by atoms with Gasteiger partial charge >= 0.3 is 5.69 Å². The highest BCUT2D eigenvalue weighted by molar-refractivity contribution is 5.92. The molecule has 9 heteroatoms. The lowest BCUT2D eigenvalue weighted by Gasteiger charge is -2.29. The van der Waals surface area contributed by atoms with Crippen LogP contribution in [0.5, 0.6) is 5.75 Å². The molecule has 8 nitrogen and oxygen atoms in total. The van der Waals surface area contributed by atoms with Crippen LogP contribution in [-0.4, -0.2) is 43.7 Å². The third kappa shape index (κ3) is 4.74. The largest absolute Gasteiger partial charge is 0.484 e. The number of carbonyl (C=O) groups excluding carboxylic acids is 1. The van der Waals surface area contributed by atoms with E-state index in [9.17, 15) is 19.3 Å². The first-order valence-electron chi connectivity index (χ1n) is 8.74. The number of hydrogen-bond donors (Lipinski definition) is 1. The van der Waals surface area contributed by atoms with Crippen molar-refractivity contribution in [2.24, 2.45) is 0 Å². The number of morpholine rings is 1. The summed E-state index contributed by atoms with van der Waals surface area (Å²) in [6, 6.07) is 8.87. The van der Waals surface area contributed by atoms with Gasteiger partial charge in [0.2, 0.25) is 5.82 Å². The van der Waals surface area contributed by atoms with Gasteiger partial charge in [0, 0.05) is 36.6 Å². The Morgan fingerprint density at radius 1 is 1.29 bits per heavy atom. The van der Waals surface area contributed by atoms with E-state index in [0.29, 0.717) is 18.9 Å². The van der Waals surface area contributed by atoms with Gasteiger partial charge in [0.1, 0.15) is 5.75 Å². The molecule has 2 aromatic rings. The smallest absolute Gasteiger partial charge is 0.305 e. The Balaban J connectivity index is 1.57. The van der Waals surface area contributed by atoms with E-state index in [1.165, 1.54) is 6.07 Å². The van der Waals surface area contributed by atoms with Gasteiger partial charge in [-0.3, -0.25) is 14.9 Å². The first-order valence-corrected chi connectivity index (χ1v) is 8.74. The Morgan fingerprint density at radius 3 is 2.68 bits per heavy atom. The molecule has 2 aromatic carbocycles. The molecule has 1 heterocycles. The molecule has 1 N–H and O–H groups in total. The summed E-state index contributed by atoms with van der Waals surface area (Å²) < 4.78 is 24.1. The number of rotatable bonds is 6. The van der Waals surface area contributed by atoms with Crippen molar-refractivity contribution < 1.29 is 23.6 Å². The number of halogens is 1. The maximum atomic E-state index is 13.6.